The number of nitriles is 1. The Morgan fingerprint density at radius 2 is 2.03 bits per heavy atom. The maximum absolute atomic E-state index is 12.5. The highest BCUT2D eigenvalue weighted by molar-refractivity contribution is 7.09. The van der Waals surface area contributed by atoms with Crippen molar-refractivity contribution in [2.75, 3.05) is 7.11 Å². The molecule has 0 aliphatic heterocycles. The maximum atomic E-state index is 12.5. The van der Waals surface area contributed by atoms with Gasteiger partial charge in [-0.05, 0) is 62.7 Å². The zero-order valence-corrected chi connectivity index (χ0v) is 17.6. The van der Waals surface area contributed by atoms with E-state index in [2.05, 4.69) is 14.9 Å². The quantitative estimate of drug-likeness (QED) is 0.494. The average Bonchev–Trinajstić information content (AvgIpc) is 3.26. The van der Waals surface area contributed by atoms with E-state index in [1.165, 1.54) is 11.3 Å². The van der Waals surface area contributed by atoms with Gasteiger partial charge in [0.05, 0.1) is 24.4 Å². The van der Waals surface area contributed by atoms with E-state index < -0.39 is 5.91 Å². The molecule has 2 aromatic heterocycles. The van der Waals surface area contributed by atoms with Gasteiger partial charge in [0.1, 0.15) is 17.4 Å². The van der Waals surface area contributed by atoms with Gasteiger partial charge in [0, 0.05) is 22.5 Å². The van der Waals surface area contributed by atoms with Crippen molar-refractivity contribution in [3.8, 4) is 17.5 Å². The second-order valence-corrected chi connectivity index (χ2v) is 7.63. The lowest BCUT2D eigenvalue weighted by molar-refractivity contribution is -0.117. The van der Waals surface area contributed by atoms with Crippen LogP contribution in [0.25, 0.3) is 11.8 Å². The van der Waals surface area contributed by atoms with Crippen LogP contribution in [0.4, 0.5) is 0 Å². The Kier molecular flexibility index (Phi) is 6.15. The van der Waals surface area contributed by atoms with Crippen molar-refractivity contribution in [3.63, 3.8) is 0 Å². The number of thiazole rings is 1. The van der Waals surface area contributed by atoms with Crippen LogP contribution in [-0.4, -0.2) is 22.6 Å². The topological polar surface area (TPSA) is 79.9 Å². The van der Waals surface area contributed by atoms with Gasteiger partial charge in [-0.25, -0.2) is 4.98 Å². The van der Waals surface area contributed by atoms with Crippen LogP contribution in [0.3, 0.4) is 0 Å². The number of aromatic nitrogens is 2. The predicted molar refractivity (Wildman–Crippen MR) is 114 cm³/mol. The highest BCUT2D eigenvalue weighted by atomic mass is 32.1. The number of methoxy groups -OCH3 is 1. The summed E-state index contributed by atoms with van der Waals surface area (Å²) in [7, 11) is 1.63. The number of ether oxygens (including phenoxy) is 1. The van der Waals surface area contributed by atoms with E-state index in [1.54, 1.807) is 13.2 Å². The zero-order chi connectivity index (χ0) is 21.0. The number of nitrogens with one attached hydrogen (secondary N) is 1. The van der Waals surface area contributed by atoms with Gasteiger partial charge in [-0.3, -0.25) is 4.79 Å². The summed E-state index contributed by atoms with van der Waals surface area (Å²) in [6, 6.07) is 11.7. The smallest absolute Gasteiger partial charge is 0.262 e. The van der Waals surface area contributed by atoms with E-state index in [1.807, 2.05) is 62.6 Å². The second-order valence-electron chi connectivity index (χ2n) is 6.57. The van der Waals surface area contributed by atoms with Crippen molar-refractivity contribution in [2.24, 2.45) is 0 Å². The largest absolute Gasteiger partial charge is 0.497 e. The second kappa shape index (κ2) is 8.76. The van der Waals surface area contributed by atoms with E-state index in [9.17, 15) is 10.1 Å². The number of benzene rings is 1. The molecule has 29 heavy (non-hydrogen) atoms. The Bertz CT molecular complexity index is 1100. The average molecular weight is 407 g/mol. The third-order valence-electron chi connectivity index (χ3n) is 4.56. The molecule has 3 rings (SSSR count). The number of carbonyl (C=O) groups excluding carboxylic acids is 1. The van der Waals surface area contributed by atoms with Crippen molar-refractivity contribution < 1.29 is 9.53 Å². The number of hydrogen-bond donors (Lipinski definition) is 1. The fraction of sp³-hybridized carbons (Fsp3) is 0.227. The maximum Gasteiger partial charge on any atom is 0.262 e. The normalized spacial score (nSPS) is 11.2. The SMILES string of the molecule is COc1ccc(-n2c(C)cc(/C=C(/C#N)C(=O)NCc3csc(C)n3)c2C)cc1. The van der Waals surface area contributed by atoms with Crippen LogP contribution < -0.4 is 10.1 Å². The molecule has 0 saturated carbocycles. The Morgan fingerprint density at radius 1 is 1.31 bits per heavy atom. The van der Waals surface area contributed by atoms with Gasteiger partial charge in [0.15, 0.2) is 0 Å². The first-order valence-corrected chi connectivity index (χ1v) is 9.95. The number of amides is 1. The van der Waals surface area contributed by atoms with E-state index in [0.29, 0.717) is 6.54 Å². The van der Waals surface area contributed by atoms with Crippen LogP contribution in [-0.2, 0) is 11.3 Å². The molecule has 0 aliphatic rings. The number of rotatable bonds is 6. The molecule has 2 heterocycles. The fourth-order valence-corrected chi connectivity index (χ4v) is 3.73. The van der Waals surface area contributed by atoms with Crippen molar-refractivity contribution in [2.45, 2.75) is 27.3 Å². The molecule has 1 amide bonds. The van der Waals surface area contributed by atoms with Gasteiger partial charge < -0.3 is 14.6 Å². The number of hydrogen-bond acceptors (Lipinski definition) is 5. The first-order chi connectivity index (χ1) is 13.9. The van der Waals surface area contributed by atoms with Crippen molar-refractivity contribution in [1.82, 2.24) is 14.9 Å². The minimum absolute atomic E-state index is 0.0620. The molecule has 148 valence electrons. The molecular formula is C22H22N4O2S. The van der Waals surface area contributed by atoms with Crippen molar-refractivity contribution in [3.05, 3.63) is 68.9 Å². The van der Waals surface area contributed by atoms with E-state index in [4.69, 9.17) is 4.74 Å². The van der Waals surface area contributed by atoms with Gasteiger partial charge >= 0.3 is 0 Å². The Morgan fingerprint density at radius 3 is 2.62 bits per heavy atom. The summed E-state index contributed by atoms with van der Waals surface area (Å²) >= 11 is 1.53. The lowest BCUT2D eigenvalue weighted by atomic mass is 10.1. The molecule has 7 heteroatoms. The highest BCUT2D eigenvalue weighted by Gasteiger charge is 2.14. The van der Waals surface area contributed by atoms with Gasteiger partial charge in [0.2, 0.25) is 0 Å². The molecule has 1 N–H and O–H groups in total. The lowest BCUT2D eigenvalue weighted by Crippen LogP contribution is -2.24. The van der Waals surface area contributed by atoms with Crippen molar-refractivity contribution >= 4 is 23.3 Å². The van der Waals surface area contributed by atoms with E-state index >= 15 is 0 Å². The third kappa shape index (κ3) is 4.55. The monoisotopic (exact) mass is 406 g/mol. The standard InChI is InChI=1S/C22H22N4O2S/c1-14-9-17(15(2)26(14)20-5-7-21(28-4)8-6-20)10-18(11-23)22(27)24-12-19-13-29-16(3)25-19/h5-10,13H,12H2,1-4H3,(H,24,27)/b18-10-. The van der Waals surface area contributed by atoms with Gasteiger partial charge in [-0.1, -0.05) is 0 Å². The molecule has 0 bridgehead atoms. The molecule has 6 nitrogen and oxygen atoms in total. The minimum atomic E-state index is -0.410. The molecule has 3 aromatic rings. The number of carbonyl (C=O) groups is 1. The first kappa shape index (κ1) is 20.4. The molecule has 0 unspecified atom stereocenters. The number of nitrogens with zero attached hydrogens (tertiary/aromatic N) is 3. The summed E-state index contributed by atoms with van der Waals surface area (Å²) in [6.45, 7) is 6.17. The van der Waals surface area contributed by atoms with Gasteiger partial charge in [0.25, 0.3) is 5.91 Å². The predicted octanol–water partition coefficient (Wildman–Crippen LogP) is 4.09. The number of aryl methyl sites for hydroxylation is 2. The highest BCUT2D eigenvalue weighted by Crippen LogP contribution is 2.24. The van der Waals surface area contributed by atoms with Crippen LogP contribution in [0.15, 0.2) is 41.3 Å². The Hall–Kier alpha value is -3.37. The summed E-state index contributed by atoms with van der Waals surface area (Å²) in [6.07, 6.45) is 1.63. The summed E-state index contributed by atoms with van der Waals surface area (Å²) in [5, 5.41) is 15.1. The summed E-state index contributed by atoms with van der Waals surface area (Å²) in [4.78, 5) is 16.8. The molecule has 0 saturated heterocycles. The summed E-state index contributed by atoms with van der Waals surface area (Å²) in [5.74, 6) is 0.377. The zero-order valence-electron chi connectivity index (χ0n) is 16.8. The van der Waals surface area contributed by atoms with Crippen LogP contribution in [0, 0.1) is 32.1 Å². The molecule has 0 spiro atoms. The van der Waals surface area contributed by atoms with Crippen molar-refractivity contribution in [1.29, 1.82) is 5.26 Å². The van der Waals surface area contributed by atoms with E-state index in [0.717, 1.165) is 39.1 Å². The molecule has 0 fully saturated rings. The van der Waals surface area contributed by atoms with E-state index in [-0.39, 0.29) is 5.57 Å². The molecule has 0 aliphatic carbocycles. The minimum Gasteiger partial charge on any atom is -0.497 e. The molecule has 0 atom stereocenters. The van der Waals surface area contributed by atoms with Gasteiger partial charge in [-0.2, -0.15) is 5.26 Å². The summed E-state index contributed by atoms with van der Waals surface area (Å²) < 4.78 is 7.30. The first-order valence-electron chi connectivity index (χ1n) is 9.07. The molecule has 0 radical (unpaired) electrons. The summed E-state index contributed by atoms with van der Waals surface area (Å²) in [5.41, 5.74) is 4.62. The fourth-order valence-electron chi connectivity index (χ4n) is 3.12. The van der Waals surface area contributed by atoms with Crippen LogP contribution in [0.1, 0.15) is 27.7 Å². The molecular weight excluding hydrogens is 384 g/mol. The van der Waals surface area contributed by atoms with Crippen LogP contribution in [0.2, 0.25) is 0 Å². The Labute approximate surface area is 174 Å². The Balaban J connectivity index is 1.83. The molecule has 1 aromatic carbocycles. The lowest BCUT2D eigenvalue weighted by Gasteiger charge is -2.10. The van der Waals surface area contributed by atoms with Gasteiger partial charge in [-0.15, -0.1) is 11.3 Å². The van der Waals surface area contributed by atoms with Crippen LogP contribution >= 0.6 is 11.3 Å². The third-order valence-corrected chi connectivity index (χ3v) is 5.38. The van der Waals surface area contributed by atoms with Crippen LogP contribution in [0.5, 0.6) is 5.75 Å².